The Morgan fingerprint density at radius 2 is 1.46 bits per heavy atom. The number of hydrogen-bond acceptors (Lipinski definition) is 5. The molecule has 13 heavy (non-hydrogen) atoms. The SMILES string of the molecule is CCC(N)OC(CO)OC(N)CC. The number of hydrogen-bond donors (Lipinski definition) is 3. The number of aliphatic hydroxyl groups is 1. The summed E-state index contributed by atoms with van der Waals surface area (Å²) in [6.45, 7) is 3.54. The predicted octanol–water partition coefficient (Wildman–Crippen LogP) is -0.272. The van der Waals surface area contributed by atoms with Gasteiger partial charge in [0.1, 0.15) is 12.5 Å². The maximum atomic E-state index is 8.85. The van der Waals surface area contributed by atoms with Gasteiger partial charge < -0.3 is 26.0 Å². The van der Waals surface area contributed by atoms with Crippen LogP contribution in [0, 0.1) is 0 Å². The predicted molar refractivity (Wildman–Crippen MR) is 49.6 cm³/mol. The first-order valence-electron chi connectivity index (χ1n) is 4.56. The molecule has 2 unspecified atom stereocenters. The van der Waals surface area contributed by atoms with Crippen molar-refractivity contribution in [3.63, 3.8) is 0 Å². The fourth-order valence-corrected chi connectivity index (χ4v) is 0.701. The van der Waals surface area contributed by atoms with Crippen molar-refractivity contribution in [1.82, 2.24) is 0 Å². The second-order valence-electron chi connectivity index (χ2n) is 2.78. The molecule has 0 fully saturated rings. The van der Waals surface area contributed by atoms with Crippen molar-refractivity contribution in [3.8, 4) is 0 Å². The molecule has 0 aliphatic carbocycles. The lowest BCUT2D eigenvalue weighted by Crippen LogP contribution is -2.37. The molecule has 0 radical (unpaired) electrons. The van der Waals surface area contributed by atoms with Crippen LogP contribution in [0.25, 0.3) is 0 Å². The lowest BCUT2D eigenvalue weighted by Gasteiger charge is -2.22. The van der Waals surface area contributed by atoms with E-state index in [1.54, 1.807) is 0 Å². The summed E-state index contributed by atoms with van der Waals surface area (Å²) in [4.78, 5) is 0. The standard InChI is InChI=1S/C8H20N2O3/c1-3-6(9)12-8(5-11)13-7(10)4-2/h6-8,11H,3-5,9-10H2,1-2H3. The zero-order valence-electron chi connectivity index (χ0n) is 8.27. The van der Waals surface area contributed by atoms with Crippen LogP contribution in [0.4, 0.5) is 0 Å². The molecule has 0 spiro atoms. The molecule has 0 aliphatic heterocycles. The van der Waals surface area contributed by atoms with E-state index in [1.165, 1.54) is 0 Å². The van der Waals surface area contributed by atoms with Crippen molar-refractivity contribution in [2.75, 3.05) is 6.61 Å². The molecule has 0 aromatic rings. The van der Waals surface area contributed by atoms with Gasteiger partial charge in [0.25, 0.3) is 0 Å². The summed E-state index contributed by atoms with van der Waals surface area (Å²) in [7, 11) is 0. The number of aliphatic hydroxyl groups excluding tert-OH is 1. The number of ether oxygens (including phenoxy) is 2. The Morgan fingerprint density at radius 1 is 1.08 bits per heavy atom. The summed E-state index contributed by atoms with van der Waals surface area (Å²) >= 11 is 0. The third kappa shape index (κ3) is 5.95. The molecular weight excluding hydrogens is 172 g/mol. The summed E-state index contributed by atoms with van der Waals surface area (Å²) in [6.07, 6.45) is -0.213. The van der Waals surface area contributed by atoms with E-state index >= 15 is 0 Å². The first-order valence-corrected chi connectivity index (χ1v) is 4.56. The minimum Gasteiger partial charge on any atom is -0.391 e. The molecule has 0 aromatic heterocycles. The van der Waals surface area contributed by atoms with Crippen LogP contribution in [0.15, 0.2) is 0 Å². The highest BCUT2D eigenvalue weighted by atomic mass is 16.7. The fraction of sp³-hybridized carbons (Fsp3) is 1.00. The normalized spacial score (nSPS) is 18.2. The van der Waals surface area contributed by atoms with Crippen molar-refractivity contribution < 1.29 is 14.6 Å². The molecule has 5 nitrogen and oxygen atoms in total. The van der Waals surface area contributed by atoms with Gasteiger partial charge >= 0.3 is 0 Å². The van der Waals surface area contributed by atoms with Gasteiger partial charge in [0.15, 0.2) is 6.29 Å². The van der Waals surface area contributed by atoms with Gasteiger partial charge in [-0.3, -0.25) is 0 Å². The smallest absolute Gasteiger partial charge is 0.184 e. The molecule has 5 N–H and O–H groups in total. The van der Waals surface area contributed by atoms with E-state index < -0.39 is 18.7 Å². The minimum atomic E-state index is -0.718. The van der Waals surface area contributed by atoms with Gasteiger partial charge in [-0.2, -0.15) is 0 Å². The molecule has 0 aromatic carbocycles. The summed E-state index contributed by atoms with van der Waals surface area (Å²) in [5.74, 6) is 0. The van der Waals surface area contributed by atoms with E-state index in [9.17, 15) is 0 Å². The van der Waals surface area contributed by atoms with Gasteiger partial charge in [0.05, 0.1) is 6.61 Å². The van der Waals surface area contributed by atoms with Crippen LogP contribution in [0.5, 0.6) is 0 Å². The summed E-state index contributed by atoms with van der Waals surface area (Å²) in [5.41, 5.74) is 11.0. The summed E-state index contributed by atoms with van der Waals surface area (Å²) < 4.78 is 10.3. The van der Waals surface area contributed by atoms with Crippen molar-refractivity contribution in [1.29, 1.82) is 0 Å². The van der Waals surface area contributed by atoms with Crippen LogP contribution in [0.2, 0.25) is 0 Å². The second-order valence-corrected chi connectivity index (χ2v) is 2.78. The Labute approximate surface area is 79.0 Å². The van der Waals surface area contributed by atoms with Crippen molar-refractivity contribution in [2.45, 2.75) is 45.4 Å². The Bertz CT molecular complexity index is 112. The molecule has 0 amide bonds. The Balaban J connectivity index is 3.74. The van der Waals surface area contributed by atoms with Crippen LogP contribution in [0.1, 0.15) is 26.7 Å². The van der Waals surface area contributed by atoms with Gasteiger partial charge in [0.2, 0.25) is 0 Å². The Morgan fingerprint density at radius 3 is 1.69 bits per heavy atom. The topological polar surface area (TPSA) is 90.7 Å². The second kappa shape index (κ2) is 7.23. The molecule has 0 saturated heterocycles. The molecule has 0 bridgehead atoms. The number of rotatable bonds is 7. The van der Waals surface area contributed by atoms with Crippen molar-refractivity contribution in [3.05, 3.63) is 0 Å². The van der Waals surface area contributed by atoms with Gasteiger partial charge in [-0.15, -0.1) is 0 Å². The van der Waals surface area contributed by atoms with E-state index in [-0.39, 0.29) is 6.61 Å². The summed E-state index contributed by atoms with van der Waals surface area (Å²) in [5, 5.41) is 8.85. The fourth-order valence-electron chi connectivity index (χ4n) is 0.701. The zero-order chi connectivity index (χ0) is 10.3. The van der Waals surface area contributed by atoms with Crippen LogP contribution in [-0.4, -0.2) is 30.5 Å². The van der Waals surface area contributed by atoms with Crippen LogP contribution in [-0.2, 0) is 9.47 Å². The lowest BCUT2D eigenvalue weighted by molar-refractivity contribution is -0.208. The Hall–Kier alpha value is -0.200. The first-order chi connectivity index (χ1) is 6.13. The van der Waals surface area contributed by atoms with Crippen LogP contribution in [0.3, 0.4) is 0 Å². The number of nitrogens with two attached hydrogens (primary N) is 2. The van der Waals surface area contributed by atoms with Gasteiger partial charge in [-0.25, -0.2) is 0 Å². The maximum absolute atomic E-state index is 8.85. The summed E-state index contributed by atoms with van der Waals surface area (Å²) in [6, 6.07) is 0. The van der Waals surface area contributed by atoms with Crippen molar-refractivity contribution in [2.24, 2.45) is 11.5 Å². The van der Waals surface area contributed by atoms with E-state index in [0.717, 1.165) is 0 Å². The molecule has 0 aliphatic rings. The average Bonchev–Trinajstić information content (AvgIpc) is 2.16. The quantitative estimate of drug-likeness (QED) is 0.483. The highest BCUT2D eigenvalue weighted by Gasteiger charge is 2.14. The zero-order valence-corrected chi connectivity index (χ0v) is 8.27. The van der Waals surface area contributed by atoms with E-state index in [0.29, 0.717) is 12.8 Å². The first kappa shape index (κ1) is 12.8. The van der Waals surface area contributed by atoms with Gasteiger partial charge in [0, 0.05) is 0 Å². The molecule has 5 heteroatoms. The minimum absolute atomic E-state index is 0.235. The van der Waals surface area contributed by atoms with E-state index in [2.05, 4.69) is 0 Å². The maximum Gasteiger partial charge on any atom is 0.184 e. The van der Waals surface area contributed by atoms with Gasteiger partial charge in [-0.05, 0) is 12.8 Å². The van der Waals surface area contributed by atoms with Crippen LogP contribution < -0.4 is 11.5 Å². The van der Waals surface area contributed by atoms with E-state index in [4.69, 9.17) is 26.0 Å². The van der Waals surface area contributed by atoms with Crippen molar-refractivity contribution >= 4 is 0 Å². The molecule has 80 valence electrons. The third-order valence-corrected chi connectivity index (χ3v) is 1.61. The average molecular weight is 192 g/mol. The highest BCUT2D eigenvalue weighted by Crippen LogP contribution is 2.02. The molecule has 0 saturated carbocycles. The van der Waals surface area contributed by atoms with Crippen LogP contribution >= 0.6 is 0 Å². The molecule has 2 atom stereocenters. The largest absolute Gasteiger partial charge is 0.391 e. The molecule has 0 heterocycles. The Kier molecular flexibility index (Phi) is 7.12. The van der Waals surface area contributed by atoms with Gasteiger partial charge in [-0.1, -0.05) is 13.8 Å². The third-order valence-electron chi connectivity index (χ3n) is 1.61. The lowest BCUT2D eigenvalue weighted by atomic mass is 10.4. The monoisotopic (exact) mass is 192 g/mol. The molecule has 0 rings (SSSR count). The van der Waals surface area contributed by atoms with E-state index in [1.807, 2.05) is 13.8 Å². The highest BCUT2D eigenvalue weighted by molar-refractivity contribution is 4.50. The molecular formula is C8H20N2O3.